The van der Waals surface area contributed by atoms with E-state index in [9.17, 15) is 22.8 Å². The molecule has 4 nitrogen and oxygen atoms in total. The van der Waals surface area contributed by atoms with Gasteiger partial charge in [-0.1, -0.05) is 11.6 Å². The van der Waals surface area contributed by atoms with Crippen LogP contribution in [0.5, 0.6) is 0 Å². The van der Waals surface area contributed by atoms with Gasteiger partial charge >= 0.3 is 6.18 Å². The van der Waals surface area contributed by atoms with Crippen molar-refractivity contribution in [2.75, 3.05) is 5.32 Å². The number of nitrogens with one attached hydrogen (secondary N) is 2. The van der Waals surface area contributed by atoms with Gasteiger partial charge in [-0.2, -0.15) is 13.2 Å². The largest absolute Gasteiger partial charge is 0.416 e. The fourth-order valence-corrected chi connectivity index (χ4v) is 1.94. The molecule has 1 fully saturated rings. The number of amides is 2. The van der Waals surface area contributed by atoms with E-state index >= 15 is 0 Å². The molecule has 1 heterocycles. The lowest BCUT2D eigenvalue weighted by Gasteiger charge is -2.14. The van der Waals surface area contributed by atoms with Crippen LogP contribution in [0.25, 0.3) is 0 Å². The third-order valence-electron chi connectivity index (χ3n) is 2.53. The fraction of sp³-hybridized carbons (Fsp3) is 0.273. The lowest BCUT2D eigenvalue weighted by atomic mass is 10.1. The molecule has 1 atom stereocenters. The Kier molecular flexibility index (Phi) is 3.40. The summed E-state index contributed by atoms with van der Waals surface area (Å²) >= 11 is 5.60. The van der Waals surface area contributed by atoms with Crippen LogP contribution in [-0.4, -0.2) is 17.9 Å². The molecule has 8 heteroatoms. The summed E-state index contributed by atoms with van der Waals surface area (Å²) in [5.74, 6) is -1.04. The Morgan fingerprint density at radius 1 is 1.26 bits per heavy atom. The second kappa shape index (κ2) is 4.73. The molecular weight excluding hydrogens is 285 g/mol. The Balaban J connectivity index is 2.24. The zero-order valence-corrected chi connectivity index (χ0v) is 10.1. The van der Waals surface area contributed by atoms with Crippen LogP contribution in [0.4, 0.5) is 18.9 Å². The molecule has 0 saturated carbocycles. The molecular formula is C11H8ClF3N2O2. The highest BCUT2D eigenvalue weighted by Crippen LogP contribution is 2.33. The number of hydrogen-bond acceptors (Lipinski definition) is 3. The van der Waals surface area contributed by atoms with Crippen molar-refractivity contribution in [3.8, 4) is 0 Å². The number of imide groups is 1. The van der Waals surface area contributed by atoms with Gasteiger partial charge in [-0.25, -0.2) is 0 Å². The van der Waals surface area contributed by atoms with Crippen LogP contribution in [0.15, 0.2) is 18.2 Å². The Labute approximate surface area is 110 Å². The summed E-state index contributed by atoms with van der Waals surface area (Å²) < 4.78 is 37.7. The third-order valence-corrected chi connectivity index (χ3v) is 2.75. The molecule has 2 rings (SSSR count). The van der Waals surface area contributed by atoms with Gasteiger partial charge in [-0.05, 0) is 18.2 Å². The van der Waals surface area contributed by atoms with E-state index in [1.807, 2.05) is 0 Å². The van der Waals surface area contributed by atoms with Gasteiger partial charge in [-0.15, -0.1) is 0 Å². The van der Waals surface area contributed by atoms with Gasteiger partial charge in [0, 0.05) is 10.7 Å². The first kappa shape index (κ1) is 13.7. The number of halogens is 4. The van der Waals surface area contributed by atoms with Crippen LogP contribution >= 0.6 is 11.6 Å². The Morgan fingerprint density at radius 2 is 1.95 bits per heavy atom. The second-order valence-corrected chi connectivity index (χ2v) is 4.48. The minimum Gasteiger partial charge on any atom is -0.373 e. The SMILES string of the molecule is O=C1CC(Nc2cc(Cl)cc(C(F)(F)F)c2)C(=O)N1. The van der Waals surface area contributed by atoms with Crippen molar-refractivity contribution in [3.05, 3.63) is 28.8 Å². The molecule has 19 heavy (non-hydrogen) atoms. The molecule has 1 unspecified atom stereocenters. The maximum absolute atomic E-state index is 12.6. The molecule has 1 aliphatic heterocycles. The molecule has 1 aromatic rings. The monoisotopic (exact) mass is 292 g/mol. The average molecular weight is 293 g/mol. The second-order valence-electron chi connectivity index (χ2n) is 4.04. The summed E-state index contributed by atoms with van der Waals surface area (Å²) in [5, 5.41) is 4.50. The van der Waals surface area contributed by atoms with Crippen molar-refractivity contribution in [1.29, 1.82) is 0 Å². The zero-order chi connectivity index (χ0) is 14.2. The van der Waals surface area contributed by atoms with Crippen molar-refractivity contribution in [2.45, 2.75) is 18.6 Å². The molecule has 1 aromatic carbocycles. The number of rotatable bonds is 2. The molecule has 2 amide bonds. The fourth-order valence-electron chi connectivity index (χ4n) is 1.71. The number of anilines is 1. The van der Waals surface area contributed by atoms with Crippen molar-refractivity contribution >= 4 is 29.1 Å². The number of carbonyl (C=O) groups excluding carboxylic acids is 2. The van der Waals surface area contributed by atoms with Gasteiger partial charge in [0.1, 0.15) is 6.04 Å². The van der Waals surface area contributed by atoms with Crippen molar-refractivity contribution in [2.24, 2.45) is 0 Å². The van der Waals surface area contributed by atoms with Crippen LogP contribution in [0.2, 0.25) is 5.02 Å². The normalized spacial score (nSPS) is 19.5. The predicted molar refractivity (Wildman–Crippen MR) is 61.6 cm³/mol. The van der Waals surface area contributed by atoms with Gasteiger partial charge in [0.2, 0.25) is 11.8 Å². The van der Waals surface area contributed by atoms with E-state index in [-0.39, 0.29) is 17.1 Å². The molecule has 0 spiro atoms. The Morgan fingerprint density at radius 3 is 2.47 bits per heavy atom. The lowest BCUT2D eigenvalue weighted by molar-refractivity contribution is -0.137. The smallest absolute Gasteiger partial charge is 0.373 e. The highest BCUT2D eigenvalue weighted by Gasteiger charge is 2.33. The van der Waals surface area contributed by atoms with E-state index in [0.717, 1.165) is 12.1 Å². The summed E-state index contributed by atoms with van der Waals surface area (Å²) in [5.41, 5.74) is -0.887. The minimum absolute atomic E-state index is 0.0367. The molecule has 102 valence electrons. The molecule has 1 saturated heterocycles. The molecule has 2 N–H and O–H groups in total. The minimum atomic E-state index is -4.53. The molecule has 0 aromatic heterocycles. The number of carbonyl (C=O) groups is 2. The van der Waals surface area contributed by atoms with Crippen LogP contribution in [0.1, 0.15) is 12.0 Å². The Bertz CT molecular complexity index is 545. The van der Waals surface area contributed by atoms with Gasteiger partial charge in [-0.3, -0.25) is 14.9 Å². The van der Waals surface area contributed by atoms with Gasteiger partial charge in [0.25, 0.3) is 0 Å². The number of benzene rings is 1. The molecule has 1 aliphatic rings. The van der Waals surface area contributed by atoms with Gasteiger partial charge in [0.15, 0.2) is 0 Å². The Hall–Kier alpha value is -1.76. The van der Waals surface area contributed by atoms with E-state index in [0.29, 0.717) is 0 Å². The topological polar surface area (TPSA) is 58.2 Å². The first-order chi connectivity index (χ1) is 8.75. The van der Waals surface area contributed by atoms with Crippen LogP contribution in [0, 0.1) is 0 Å². The van der Waals surface area contributed by atoms with E-state index in [2.05, 4.69) is 10.6 Å². The molecule has 0 bridgehead atoms. The van der Waals surface area contributed by atoms with Crippen molar-refractivity contribution in [3.63, 3.8) is 0 Å². The first-order valence-corrected chi connectivity index (χ1v) is 5.61. The standard InChI is InChI=1S/C11H8ClF3N2O2/c12-6-1-5(11(13,14)15)2-7(3-6)16-8-4-9(18)17-10(8)19/h1-3,8,16H,4H2,(H,17,18,19). The summed E-state index contributed by atoms with van der Waals surface area (Å²) in [6, 6.07) is 1.99. The average Bonchev–Trinajstić information content (AvgIpc) is 2.55. The quantitative estimate of drug-likeness (QED) is 0.822. The molecule has 0 radical (unpaired) electrons. The summed E-state index contributed by atoms with van der Waals surface area (Å²) in [6.07, 6.45) is -4.65. The van der Waals surface area contributed by atoms with Crippen LogP contribution in [-0.2, 0) is 15.8 Å². The maximum atomic E-state index is 12.6. The van der Waals surface area contributed by atoms with E-state index in [1.54, 1.807) is 0 Å². The number of hydrogen-bond donors (Lipinski definition) is 2. The highest BCUT2D eigenvalue weighted by atomic mass is 35.5. The third kappa shape index (κ3) is 3.17. The first-order valence-electron chi connectivity index (χ1n) is 5.24. The summed E-state index contributed by atoms with van der Waals surface area (Å²) in [4.78, 5) is 22.3. The van der Waals surface area contributed by atoms with Crippen LogP contribution < -0.4 is 10.6 Å². The highest BCUT2D eigenvalue weighted by molar-refractivity contribution is 6.31. The van der Waals surface area contributed by atoms with E-state index in [1.165, 1.54) is 6.07 Å². The van der Waals surface area contributed by atoms with Crippen molar-refractivity contribution in [1.82, 2.24) is 5.32 Å². The summed E-state index contributed by atoms with van der Waals surface area (Å²) in [7, 11) is 0. The van der Waals surface area contributed by atoms with Crippen molar-refractivity contribution < 1.29 is 22.8 Å². The van der Waals surface area contributed by atoms with E-state index < -0.39 is 29.6 Å². The van der Waals surface area contributed by atoms with Crippen LogP contribution in [0.3, 0.4) is 0 Å². The predicted octanol–water partition coefficient (Wildman–Crippen LogP) is 2.19. The van der Waals surface area contributed by atoms with Gasteiger partial charge in [0.05, 0.1) is 12.0 Å². The number of alkyl halides is 3. The summed E-state index contributed by atoms with van der Waals surface area (Å²) in [6.45, 7) is 0. The van der Waals surface area contributed by atoms with Gasteiger partial charge < -0.3 is 5.32 Å². The zero-order valence-electron chi connectivity index (χ0n) is 9.34. The van der Waals surface area contributed by atoms with E-state index in [4.69, 9.17) is 11.6 Å². The maximum Gasteiger partial charge on any atom is 0.416 e. The lowest BCUT2D eigenvalue weighted by Crippen LogP contribution is -2.30. The molecule has 0 aliphatic carbocycles.